The summed E-state index contributed by atoms with van der Waals surface area (Å²) in [6.45, 7) is 3.13. The van der Waals surface area contributed by atoms with Gasteiger partial charge >= 0.3 is 0 Å². The molecule has 0 saturated carbocycles. The van der Waals surface area contributed by atoms with Gasteiger partial charge in [-0.15, -0.1) is 0 Å². The standard InChI is InChI=1S/C10H19N3S/c1-4-11-9(5-8-14-3)10-12-6-7-13(10)2/h6-7,9,11H,4-5,8H2,1-3H3. The van der Waals surface area contributed by atoms with Gasteiger partial charge in [-0.25, -0.2) is 4.98 Å². The molecule has 0 spiro atoms. The number of nitrogens with zero attached hydrogens (tertiary/aromatic N) is 2. The summed E-state index contributed by atoms with van der Waals surface area (Å²) >= 11 is 1.88. The lowest BCUT2D eigenvalue weighted by Crippen LogP contribution is -2.24. The number of rotatable bonds is 6. The fraction of sp³-hybridized carbons (Fsp3) is 0.700. The minimum absolute atomic E-state index is 0.396. The molecule has 0 aromatic carbocycles. The Morgan fingerprint density at radius 1 is 1.64 bits per heavy atom. The van der Waals surface area contributed by atoms with Crippen LogP contribution in [0.3, 0.4) is 0 Å². The Kier molecular flexibility index (Phi) is 5.04. The van der Waals surface area contributed by atoms with E-state index < -0.39 is 0 Å². The van der Waals surface area contributed by atoms with E-state index in [9.17, 15) is 0 Å². The third kappa shape index (κ3) is 3.03. The van der Waals surface area contributed by atoms with Crippen molar-refractivity contribution in [2.24, 2.45) is 7.05 Å². The highest BCUT2D eigenvalue weighted by Crippen LogP contribution is 2.15. The predicted molar refractivity (Wildman–Crippen MR) is 62.6 cm³/mol. The molecule has 14 heavy (non-hydrogen) atoms. The second-order valence-corrected chi connectivity index (χ2v) is 4.27. The van der Waals surface area contributed by atoms with Gasteiger partial charge in [-0.3, -0.25) is 0 Å². The molecule has 0 aliphatic carbocycles. The summed E-state index contributed by atoms with van der Waals surface area (Å²) in [5.41, 5.74) is 0. The molecule has 3 nitrogen and oxygen atoms in total. The van der Waals surface area contributed by atoms with Crippen molar-refractivity contribution in [3.05, 3.63) is 18.2 Å². The van der Waals surface area contributed by atoms with Gasteiger partial charge in [0, 0.05) is 19.4 Å². The molecule has 1 rings (SSSR count). The molecule has 0 aliphatic rings. The Labute approximate surface area is 90.3 Å². The first-order chi connectivity index (χ1) is 6.79. The van der Waals surface area contributed by atoms with Gasteiger partial charge in [-0.2, -0.15) is 11.8 Å². The van der Waals surface area contributed by atoms with E-state index in [0.29, 0.717) is 6.04 Å². The van der Waals surface area contributed by atoms with E-state index in [1.54, 1.807) is 0 Å². The minimum atomic E-state index is 0.396. The van der Waals surface area contributed by atoms with Crippen LogP contribution in [0.2, 0.25) is 0 Å². The van der Waals surface area contributed by atoms with Gasteiger partial charge in [0.1, 0.15) is 5.82 Å². The number of hydrogen-bond acceptors (Lipinski definition) is 3. The maximum Gasteiger partial charge on any atom is 0.125 e. The lowest BCUT2D eigenvalue weighted by Gasteiger charge is -2.16. The van der Waals surface area contributed by atoms with Crippen molar-refractivity contribution in [3.8, 4) is 0 Å². The molecule has 0 bridgehead atoms. The maximum absolute atomic E-state index is 4.38. The van der Waals surface area contributed by atoms with Crippen molar-refractivity contribution in [1.29, 1.82) is 0 Å². The SMILES string of the molecule is CCNC(CCSC)c1nccn1C. The first kappa shape index (κ1) is 11.6. The number of imidazole rings is 1. The van der Waals surface area contributed by atoms with Crippen molar-refractivity contribution in [1.82, 2.24) is 14.9 Å². The number of aromatic nitrogens is 2. The van der Waals surface area contributed by atoms with Crippen LogP contribution in [0.4, 0.5) is 0 Å². The molecule has 0 radical (unpaired) electrons. The predicted octanol–water partition coefficient (Wildman–Crippen LogP) is 1.82. The zero-order chi connectivity index (χ0) is 10.4. The summed E-state index contributed by atoms with van der Waals surface area (Å²) in [4.78, 5) is 4.38. The molecule has 1 unspecified atom stereocenters. The fourth-order valence-electron chi connectivity index (χ4n) is 1.52. The lowest BCUT2D eigenvalue weighted by molar-refractivity contribution is 0.499. The second kappa shape index (κ2) is 6.09. The average molecular weight is 213 g/mol. The van der Waals surface area contributed by atoms with E-state index in [0.717, 1.165) is 18.8 Å². The van der Waals surface area contributed by atoms with Gasteiger partial charge in [0.15, 0.2) is 0 Å². The molecule has 1 N–H and O–H groups in total. The van der Waals surface area contributed by atoms with Gasteiger partial charge in [-0.1, -0.05) is 6.92 Å². The molecule has 1 aromatic rings. The van der Waals surface area contributed by atoms with Crippen molar-refractivity contribution in [3.63, 3.8) is 0 Å². The lowest BCUT2D eigenvalue weighted by atomic mass is 10.2. The highest BCUT2D eigenvalue weighted by molar-refractivity contribution is 7.98. The number of hydrogen-bond donors (Lipinski definition) is 1. The Morgan fingerprint density at radius 3 is 2.93 bits per heavy atom. The zero-order valence-electron chi connectivity index (χ0n) is 9.16. The largest absolute Gasteiger partial charge is 0.337 e. The number of aryl methyl sites for hydroxylation is 1. The van der Waals surface area contributed by atoms with Crippen LogP contribution in [0.5, 0.6) is 0 Å². The summed E-state index contributed by atoms with van der Waals surface area (Å²) in [6, 6.07) is 0.396. The van der Waals surface area contributed by atoms with Gasteiger partial charge in [0.05, 0.1) is 6.04 Å². The van der Waals surface area contributed by atoms with Gasteiger partial charge < -0.3 is 9.88 Å². The quantitative estimate of drug-likeness (QED) is 0.782. The fourth-order valence-corrected chi connectivity index (χ4v) is 1.99. The summed E-state index contributed by atoms with van der Waals surface area (Å²) in [6.07, 6.45) is 7.14. The topological polar surface area (TPSA) is 29.9 Å². The monoisotopic (exact) mass is 213 g/mol. The van der Waals surface area contributed by atoms with Crippen LogP contribution < -0.4 is 5.32 Å². The molecule has 4 heteroatoms. The van der Waals surface area contributed by atoms with Crippen molar-refractivity contribution < 1.29 is 0 Å². The Bertz CT molecular complexity index is 260. The molecule has 1 atom stereocenters. The first-order valence-electron chi connectivity index (χ1n) is 4.99. The van der Waals surface area contributed by atoms with Crippen LogP contribution in [-0.2, 0) is 7.05 Å². The molecular formula is C10H19N3S. The number of nitrogens with one attached hydrogen (secondary N) is 1. The summed E-state index contributed by atoms with van der Waals surface area (Å²) in [7, 11) is 2.05. The normalized spacial score (nSPS) is 13.1. The highest BCUT2D eigenvalue weighted by atomic mass is 32.2. The molecular weight excluding hydrogens is 194 g/mol. The van der Waals surface area contributed by atoms with Crippen LogP contribution in [0.25, 0.3) is 0 Å². The van der Waals surface area contributed by atoms with Crippen molar-refractivity contribution in [2.45, 2.75) is 19.4 Å². The molecule has 80 valence electrons. The Morgan fingerprint density at radius 2 is 2.43 bits per heavy atom. The third-order valence-corrected chi connectivity index (χ3v) is 2.88. The van der Waals surface area contributed by atoms with Crippen LogP contribution in [0, 0.1) is 0 Å². The smallest absolute Gasteiger partial charge is 0.125 e. The first-order valence-corrected chi connectivity index (χ1v) is 6.38. The second-order valence-electron chi connectivity index (χ2n) is 3.29. The summed E-state index contributed by atoms with van der Waals surface area (Å²) < 4.78 is 2.09. The molecule has 1 aromatic heterocycles. The minimum Gasteiger partial charge on any atom is -0.337 e. The van der Waals surface area contributed by atoms with E-state index in [1.807, 2.05) is 31.2 Å². The zero-order valence-corrected chi connectivity index (χ0v) is 9.97. The van der Waals surface area contributed by atoms with E-state index >= 15 is 0 Å². The van der Waals surface area contributed by atoms with E-state index in [-0.39, 0.29) is 0 Å². The van der Waals surface area contributed by atoms with Crippen molar-refractivity contribution in [2.75, 3.05) is 18.6 Å². The highest BCUT2D eigenvalue weighted by Gasteiger charge is 2.13. The Hall–Kier alpha value is -0.480. The van der Waals surface area contributed by atoms with Gasteiger partial charge in [0.2, 0.25) is 0 Å². The van der Waals surface area contributed by atoms with Crippen LogP contribution in [0.15, 0.2) is 12.4 Å². The molecule has 1 heterocycles. The third-order valence-electron chi connectivity index (χ3n) is 2.23. The molecule has 0 fully saturated rings. The van der Waals surface area contributed by atoms with E-state index in [1.165, 1.54) is 5.75 Å². The van der Waals surface area contributed by atoms with Crippen LogP contribution >= 0.6 is 11.8 Å². The van der Waals surface area contributed by atoms with Crippen LogP contribution in [-0.4, -0.2) is 28.1 Å². The van der Waals surface area contributed by atoms with Gasteiger partial charge in [-0.05, 0) is 25.0 Å². The maximum atomic E-state index is 4.38. The average Bonchev–Trinajstić information content (AvgIpc) is 2.59. The molecule has 0 saturated heterocycles. The van der Waals surface area contributed by atoms with Gasteiger partial charge in [0.25, 0.3) is 0 Å². The Balaban J connectivity index is 2.62. The van der Waals surface area contributed by atoms with Crippen LogP contribution in [0.1, 0.15) is 25.2 Å². The number of thioether (sulfide) groups is 1. The van der Waals surface area contributed by atoms with Crippen molar-refractivity contribution >= 4 is 11.8 Å². The molecule has 0 amide bonds. The van der Waals surface area contributed by atoms with E-state index in [2.05, 4.69) is 28.0 Å². The summed E-state index contributed by atoms with van der Waals surface area (Å²) in [5.74, 6) is 2.31. The molecule has 0 aliphatic heterocycles. The van der Waals surface area contributed by atoms with E-state index in [4.69, 9.17) is 0 Å². The summed E-state index contributed by atoms with van der Waals surface area (Å²) in [5, 5.41) is 3.46.